The van der Waals surface area contributed by atoms with Gasteiger partial charge in [-0.15, -0.1) is 0 Å². The monoisotopic (exact) mass is 224 g/mol. The summed E-state index contributed by atoms with van der Waals surface area (Å²) < 4.78 is 0. The molecular formula is C16H16O. The van der Waals surface area contributed by atoms with Crippen LogP contribution < -0.4 is 0 Å². The molecule has 2 aromatic carbocycles. The fourth-order valence-corrected chi connectivity index (χ4v) is 2.08. The van der Waals surface area contributed by atoms with Crippen LogP contribution in [0, 0.1) is 0 Å². The number of benzene rings is 2. The van der Waals surface area contributed by atoms with E-state index in [0.717, 1.165) is 12.7 Å². The average molecular weight is 224 g/mol. The van der Waals surface area contributed by atoms with Crippen LogP contribution in [-0.2, 0) is 11.2 Å². The van der Waals surface area contributed by atoms with Crippen LogP contribution in [0.25, 0.3) is 0 Å². The van der Waals surface area contributed by atoms with E-state index < -0.39 is 0 Å². The first kappa shape index (κ1) is 11.6. The molecule has 0 aliphatic rings. The van der Waals surface area contributed by atoms with E-state index in [1.54, 1.807) is 0 Å². The molecule has 17 heavy (non-hydrogen) atoms. The highest BCUT2D eigenvalue weighted by Gasteiger charge is 2.11. The summed E-state index contributed by atoms with van der Waals surface area (Å²) in [6, 6.07) is 20.6. The minimum atomic E-state index is 0.288. The molecule has 0 amide bonds. The van der Waals surface area contributed by atoms with Crippen molar-refractivity contribution in [3.63, 3.8) is 0 Å². The topological polar surface area (TPSA) is 17.1 Å². The zero-order valence-corrected chi connectivity index (χ0v) is 9.75. The Morgan fingerprint density at radius 2 is 1.47 bits per heavy atom. The summed E-state index contributed by atoms with van der Waals surface area (Å²) in [7, 11) is 0. The van der Waals surface area contributed by atoms with Crippen LogP contribution in [0.15, 0.2) is 60.7 Å². The minimum Gasteiger partial charge on any atom is -0.303 e. The van der Waals surface area contributed by atoms with E-state index in [2.05, 4.69) is 24.3 Å². The molecule has 1 nitrogen and oxygen atoms in total. The third-order valence-corrected chi connectivity index (χ3v) is 2.98. The van der Waals surface area contributed by atoms with Gasteiger partial charge in [0.25, 0.3) is 0 Å². The van der Waals surface area contributed by atoms with Gasteiger partial charge in [-0.2, -0.15) is 0 Å². The SMILES string of the molecule is O=CCC(Cc1ccccc1)c1ccccc1. The largest absolute Gasteiger partial charge is 0.303 e. The van der Waals surface area contributed by atoms with Crippen molar-refractivity contribution in [1.82, 2.24) is 0 Å². The Kier molecular flexibility index (Phi) is 4.09. The van der Waals surface area contributed by atoms with E-state index in [4.69, 9.17) is 0 Å². The standard InChI is InChI=1S/C16H16O/c17-12-11-16(15-9-5-2-6-10-15)13-14-7-3-1-4-8-14/h1-10,12,16H,11,13H2. The van der Waals surface area contributed by atoms with Crippen LogP contribution in [0.4, 0.5) is 0 Å². The first-order valence-electron chi connectivity index (χ1n) is 5.92. The van der Waals surface area contributed by atoms with Gasteiger partial charge < -0.3 is 4.79 Å². The highest BCUT2D eigenvalue weighted by atomic mass is 16.1. The average Bonchev–Trinajstić information content (AvgIpc) is 2.40. The maximum atomic E-state index is 10.8. The Morgan fingerprint density at radius 3 is 2.06 bits per heavy atom. The summed E-state index contributed by atoms with van der Waals surface area (Å²) in [5.41, 5.74) is 2.52. The second kappa shape index (κ2) is 6.00. The third-order valence-electron chi connectivity index (χ3n) is 2.98. The highest BCUT2D eigenvalue weighted by molar-refractivity contribution is 5.52. The zero-order valence-electron chi connectivity index (χ0n) is 9.75. The molecule has 0 spiro atoms. The number of rotatable bonds is 5. The summed E-state index contributed by atoms with van der Waals surface area (Å²) in [5.74, 6) is 0.288. The van der Waals surface area contributed by atoms with Gasteiger partial charge in [0.2, 0.25) is 0 Å². The Labute approximate surface area is 102 Å². The molecule has 0 bridgehead atoms. The second-order valence-corrected chi connectivity index (χ2v) is 4.20. The molecule has 0 aromatic heterocycles. The maximum absolute atomic E-state index is 10.8. The van der Waals surface area contributed by atoms with Gasteiger partial charge in [0.05, 0.1) is 0 Å². The van der Waals surface area contributed by atoms with Crippen molar-refractivity contribution in [3.05, 3.63) is 71.8 Å². The first-order chi connectivity index (χ1) is 8.40. The highest BCUT2D eigenvalue weighted by Crippen LogP contribution is 2.23. The van der Waals surface area contributed by atoms with E-state index in [0.29, 0.717) is 6.42 Å². The number of carbonyl (C=O) groups excluding carboxylic acids is 1. The maximum Gasteiger partial charge on any atom is 0.120 e. The van der Waals surface area contributed by atoms with E-state index in [1.165, 1.54) is 11.1 Å². The molecule has 86 valence electrons. The van der Waals surface area contributed by atoms with Gasteiger partial charge in [-0.25, -0.2) is 0 Å². The zero-order chi connectivity index (χ0) is 11.9. The summed E-state index contributed by atoms with van der Waals surface area (Å²) in [4.78, 5) is 10.8. The summed E-state index contributed by atoms with van der Waals surface area (Å²) in [5, 5.41) is 0. The number of aldehydes is 1. The van der Waals surface area contributed by atoms with Crippen LogP contribution in [0.3, 0.4) is 0 Å². The molecule has 0 N–H and O–H groups in total. The third kappa shape index (κ3) is 3.28. The molecule has 2 aromatic rings. The van der Waals surface area contributed by atoms with Gasteiger partial charge in [0.1, 0.15) is 6.29 Å². The van der Waals surface area contributed by atoms with E-state index in [9.17, 15) is 4.79 Å². The van der Waals surface area contributed by atoms with E-state index in [1.807, 2.05) is 36.4 Å². The number of carbonyl (C=O) groups is 1. The van der Waals surface area contributed by atoms with Crippen molar-refractivity contribution in [2.75, 3.05) is 0 Å². The molecule has 0 aliphatic heterocycles. The molecule has 0 radical (unpaired) electrons. The van der Waals surface area contributed by atoms with Gasteiger partial charge in [0.15, 0.2) is 0 Å². The molecule has 2 rings (SSSR count). The molecule has 0 saturated carbocycles. The second-order valence-electron chi connectivity index (χ2n) is 4.20. The van der Waals surface area contributed by atoms with Crippen molar-refractivity contribution in [2.24, 2.45) is 0 Å². The lowest BCUT2D eigenvalue weighted by molar-refractivity contribution is -0.108. The van der Waals surface area contributed by atoms with Crippen molar-refractivity contribution in [1.29, 1.82) is 0 Å². The molecular weight excluding hydrogens is 208 g/mol. The Balaban J connectivity index is 2.16. The lowest BCUT2D eigenvalue weighted by Gasteiger charge is -2.14. The Hall–Kier alpha value is -1.89. The normalized spacial score (nSPS) is 12.0. The van der Waals surface area contributed by atoms with Gasteiger partial charge in [-0.3, -0.25) is 0 Å². The summed E-state index contributed by atoms with van der Waals surface area (Å²) in [6.07, 6.45) is 2.52. The Morgan fingerprint density at radius 1 is 0.882 bits per heavy atom. The van der Waals surface area contributed by atoms with Crippen LogP contribution in [-0.4, -0.2) is 6.29 Å². The van der Waals surface area contributed by atoms with Gasteiger partial charge in [-0.05, 0) is 23.5 Å². The summed E-state index contributed by atoms with van der Waals surface area (Å²) >= 11 is 0. The molecule has 0 aliphatic carbocycles. The van der Waals surface area contributed by atoms with Gasteiger partial charge >= 0.3 is 0 Å². The molecule has 0 fully saturated rings. The van der Waals surface area contributed by atoms with Crippen LogP contribution in [0.2, 0.25) is 0 Å². The van der Waals surface area contributed by atoms with Crippen LogP contribution in [0.5, 0.6) is 0 Å². The van der Waals surface area contributed by atoms with Crippen LogP contribution in [0.1, 0.15) is 23.5 Å². The van der Waals surface area contributed by atoms with Crippen molar-refractivity contribution in [2.45, 2.75) is 18.8 Å². The fourth-order valence-electron chi connectivity index (χ4n) is 2.08. The van der Waals surface area contributed by atoms with E-state index >= 15 is 0 Å². The van der Waals surface area contributed by atoms with Crippen molar-refractivity contribution in [3.8, 4) is 0 Å². The molecule has 0 saturated heterocycles. The van der Waals surface area contributed by atoms with E-state index in [-0.39, 0.29) is 5.92 Å². The number of hydrogen-bond donors (Lipinski definition) is 0. The van der Waals surface area contributed by atoms with Gasteiger partial charge in [0, 0.05) is 6.42 Å². The molecule has 1 heteroatoms. The predicted molar refractivity (Wildman–Crippen MR) is 70.0 cm³/mol. The molecule has 1 atom stereocenters. The molecule has 0 heterocycles. The molecule has 1 unspecified atom stereocenters. The first-order valence-corrected chi connectivity index (χ1v) is 5.92. The van der Waals surface area contributed by atoms with Crippen molar-refractivity contribution < 1.29 is 4.79 Å². The lowest BCUT2D eigenvalue weighted by Crippen LogP contribution is -2.03. The lowest BCUT2D eigenvalue weighted by atomic mass is 9.90. The van der Waals surface area contributed by atoms with Crippen molar-refractivity contribution >= 4 is 6.29 Å². The predicted octanol–water partition coefficient (Wildman–Crippen LogP) is 3.60. The smallest absolute Gasteiger partial charge is 0.120 e. The minimum absolute atomic E-state index is 0.288. The quantitative estimate of drug-likeness (QED) is 0.709. The number of hydrogen-bond acceptors (Lipinski definition) is 1. The van der Waals surface area contributed by atoms with Crippen LogP contribution >= 0.6 is 0 Å². The fraction of sp³-hybridized carbons (Fsp3) is 0.188. The Bertz CT molecular complexity index is 447. The summed E-state index contributed by atoms with van der Waals surface area (Å²) in [6.45, 7) is 0. The van der Waals surface area contributed by atoms with Gasteiger partial charge in [-0.1, -0.05) is 60.7 Å².